The first-order valence-electron chi connectivity index (χ1n) is 7.50. The smallest absolute Gasteiger partial charge is 0.136 e. The average molecular weight is 260 g/mol. The number of rotatable bonds is 6. The summed E-state index contributed by atoms with van der Waals surface area (Å²) in [6.45, 7) is 4.35. The summed E-state index contributed by atoms with van der Waals surface area (Å²) in [6, 6.07) is 0.498. The predicted molar refractivity (Wildman–Crippen MR) is 78.7 cm³/mol. The Morgan fingerprint density at radius 1 is 1.16 bits per heavy atom. The summed E-state index contributed by atoms with van der Waals surface area (Å²) in [7, 11) is 1.93. The molecule has 4 nitrogen and oxygen atoms in total. The summed E-state index contributed by atoms with van der Waals surface area (Å²) >= 11 is 0. The van der Waals surface area contributed by atoms with Crippen molar-refractivity contribution >= 4 is 11.6 Å². The Morgan fingerprint density at radius 2 is 1.84 bits per heavy atom. The van der Waals surface area contributed by atoms with E-state index in [1.807, 2.05) is 7.05 Å². The lowest BCUT2D eigenvalue weighted by Gasteiger charge is -2.18. The molecule has 0 saturated heterocycles. The molecule has 3 rings (SSSR count). The summed E-state index contributed by atoms with van der Waals surface area (Å²) < 4.78 is 0. The molecule has 2 N–H and O–H groups in total. The van der Waals surface area contributed by atoms with Gasteiger partial charge < -0.3 is 10.6 Å². The van der Waals surface area contributed by atoms with Crippen molar-refractivity contribution in [3.8, 4) is 0 Å². The maximum absolute atomic E-state index is 4.75. The van der Waals surface area contributed by atoms with E-state index >= 15 is 0 Å². The summed E-state index contributed by atoms with van der Waals surface area (Å²) in [5.41, 5.74) is 1.13. The van der Waals surface area contributed by atoms with Gasteiger partial charge in [-0.1, -0.05) is 12.8 Å². The quantitative estimate of drug-likeness (QED) is 0.824. The molecule has 2 aliphatic carbocycles. The van der Waals surface area contributed by atoms with E-state index < -0.39 is 0 Å². The van der Waals surface area contributed by atoms with Gasteiger partial charge in [0.05, 0.1) is 0 Å². The lowest BCUT2D eigenvalue weighted by Crippen LogP contribution is -2.19. The van der Waals surface area contributed by atoms with Gasteiger partial charge in [0, 0.05) is 24.6 Å². The highest BCUT2D eigenvalue weighted by atomic mass is 15.1. The van der Waals surface area contributed by atoms with Crippen LogP contribution >= 0.6 is 0 Å². The summed E-state index contributed by atoms with van der Waals surface area (Å²) in [4.78, 5) is 9.38. The zero-order chi connectivity index (χ0) is 13.4. The number of nitrogens with one attached hydrogen (secondary N) is 2. The minimum absolute atomic E-state index is 0.498. The van der Waals surface area contributed by atoms with Crippen LogP contribution in [0, 0.1) is 12.8 Å². The molecule has 1 heterocycles. The van der Waals surface area contributed by atoms with Crippen molar-refractivity contribution in [2.45, 2.75) is 57.9 Å². The fourth-order valence-electron chi connectivity index (χ4n) is 2.59. The van der Waals surface area contributed by atoms with Gasteiger partial charge in [-0.2, -0.15) is 0 Å². The summed E-state index contributed by atoms with van der Waals surface area (Å²) in [6.07, 6.45) is 6.55. The fourth-order valence-corrected chi connectivity index (χ4v) is 2.59. The van der Waals surface area contributed by atoms with Crippen molar-refractivity contribution in [1.82, 2.24) is 9.97 Å². The summed E-state index contributed by atoms with van der Waals surface area (Å²) in [5, 5.41) is 6.78. The SMILES string of the molecule is CNc1nc(C2CC2)nc(NC(C)CC2CC2)c1C. The van der Waals surface area contributed by atoms with Gasteiger partial charge in [-0.3, -0.25) is 0 Å². The van der Waals surface area contributed by atoms with Gasteiger partial charge in [-0.05, 0) is 39.0 Å². The third kappa shape index (κ3) is 2.99. The van der Waals surface area contributed by atoms with Crippen LogP contribution in [0.15, 0.2) is 0 Å². The lowest BCUT2D eigenvalue weighted by molar-refractivity contribution is 0.638. The molecule has 1 atom stereocenters. The van der Waals surface area contributed by atoms with E-state index in [4.69, 9.17) is 4.98 Å². The first-order chi connectivity index (χ1) is 9.17. The second-order valence-electron chi connectivity index (χ2n) is 6.15. The van der Waals surface area contributed by atoms with Gasteiger partial charge in [0.25, 0.3) is 0 Å². The molecule has 1 unspecified atom stereocenters. The molecule has 0 amide bonds. The molecular weight excluding hydrogens is 236 g/mol. The largest absolute Gasteiger partial charge is 0.373 e. The van der Waals surface area contributed by atoms with Gasteiger partial charge in [0.1, 0.15) is 17.5 Å². The molecule has 4 heteroatoms. The minimum atomic E-state index is 0.498. The Morgan fingerprint density at radius 3 is 2.42 bits per heavy atom. The first kappa shape index (κ1) is 12.7. The van der Waals surface area contributed by atoms with Gasteiger partial charge in [-0.25, -0.2) is 9.97 Å². The normalized spacial score (nSPS) is 20.2. The Balaban J connectivity index is 1.78. The molecule has 0 spiro atoms. The Bertz CT molecular complexity index is 463. The zero-order valence-corrected chi connectivity index (χ0v) is 12.2. The zero-order valence-electron chi connectivity index (χ0n) is 12.2. The van der Waals surface area contributed by atoms with Gasteiger partial charge in [0.15, 0.2) is 0 Å². The van der Waals surface area contributed by atoms with Crippen molar-refractivity contribution < 1.29 is 0 Å². The molecule has 1 aromatic heterocycles. The average Bonchev–Trinajstić information content (AvgIpc) is 3.24. The van der Waals surface area contributed by atoms with E-state index in [1.54, 1.807) is 0 Å². The second-order valence-corrected chi connectivity index (χ2v) is 6.15. The van der Waals surface area contributed by atoms with Crippen LogP contribution < -0.4 is 10.6 Å². The van der Waals surface area contributed by atoms with Crippen molar-refractivity contribution in [1.29, 1.82) is 0 Å². The predicted octanol–water partition coefficient (Wildman–Crippen LogP) is 3.30. The molecule has 1 aromatic rings. The van der Waals surface area contributed by atoms with Crippen molar-refractivity contribution in [2.24, 2.45) is 5.92 Å². The summed E-state index contributed by atoms with van der Waals surface area (Å²) in [5.74, 6) is 4.53. The van der Waals surface area contributed by atoms with Crippen LogP contribution in [0.25, 0.3) is 0 Å². The third-order valence-electron chi connectivity index (χ3n) is 4.11. The fraction of sp³-hybridized carbons (Fsp3) is 0.733. The van der Waals surface area contributed by atoms with Crippen LogP contribution in [0.2, 0.25) is 0 Å². The highest BCUT2D eigenvalue weighted by molar-refractivity contribution is 5.57. The lowest BCUT2D eigenvalue weighted by atomic mass is 10.1. The van der Waals surface area contributed by atoms with Crippen molar-refractivity contribution in [2.75, 3.05) is 17.7 Å². The third-order valence-corrected chi connectivity index (χ3v) is 4.11. The van der Waals surface area contributed by atoms with E-state index in [0.29, 0.717) is 12.0 Å². The Hall–Kier alpha value is -1.32. The maximum atomic E-state index is 4.75. The number of anilines is 2. The van der Waals surface area contributed by atoms with E-state index in [9.17, 15) is 0 Å². The molecule has 2 fully saturated rings. The van der Waals surface area contributed by atoms with E-state index in [2.05, 4.69) is 29.5 Å². The molecule has 0 aromatic carbocycles. The minimum Gasteiger partial charge on any atom is -0.373 e. The molecule has 104 valence electrons. The topological polar surface area (TPSA) is 49.8 Å². The van der Waals surface area contributed by atoms with Gasteiger partial charge >= 0.3 is 0 Å². The van der Waals surface area contributed by atoms with Crippen LogP contribution in [0.3, 0.4) is 0 Å². The Kier molecular flexibility index (Phi) is 3.33. The Labute approximate surface area is 115 Å². The van der Waals surface area contributed by atoms with Crippen LogP contribution in [0.5, 0.6) is 0 Å². The molecule has 0 radical (unpaired) electrons. The number of aromatic nitrogens is 2. The van der Waals surface area contributed by atoms with E-state index in [0.717, 1.165) is 28.9 Å². The molecule has 19 heavy (non-hydrogen) atoms. The number of hydrogen-bond acceptors (Lipinski definition) is 4. The second kappa shape index (κ2) is 4.99. The van der Waals surface area contributed by atoms with Crippen LogP contribution in [0.4, 0.5) is 11.6 Å². The monoisotopic (exact) mass is 260 g/mol. The van der Waals surface area contributed by atoms with Gasteiger partial charge in [0.2, 0.25) is 0 Å². The highest BCUT2D eigenvalue weighted by Gasteiger charge is 2.29. The maximum Gasteiger partial charge on any atom is 0.136 e. The first-order valence-corrected chi connectivity index (χ1v) is 7.50. The number of nitrogens with zero attached hydrogens (tertiary/aromatic N) is 2. The van der Waals surface area contributed by atoms with E-state index in [-0.39, 0.29) is 0 Å². The van der Waals surface area contributed by atoms with Crippen molar-refractivity contribution in [3.05, 3.63) is 11.4 Å². The standard InChI is InChI=1S/C15H24N4/c1-9(8-11-4-5-11)17-14-10(2)13(16-3)18-15(19-14)12-6-7-12/h9,11-12H,4-8H2,1-3H3,(H2,16,17,18,19). The molecule has 2 saturated carbocycles. The van der Waals surface area contributed by atoms with Crippen LogP contribution in [-0.4, -0.2) is 23.1 Å². The highest BCUT2D eigenvalue weighted by Crippen LogP contribution is 2.40. The molecule has 0 bridgehead atoms. The number of hydrogen-bond donors (Lipinski definition) is 2. The van der Waals surface area contributed by atoms with Crippen LogP contribution in [0.1, 0.15) is 56.3 Å². The molecule has 2 aliphatic rings. The van der Waals surface area contributed by atoms with E-state index in [1.165, 1.54) is 32.1 Å². The molecule has 0 aliphatic heterocycles. The van der Waals surface area contributed by atoms with Crippen LogP contribution in [-0.2, 0) is 0 Å². The van der Waals surface area contributed by atoms with Gasteiger partial charge in [-0.15, -0.1) is 0 Å². The molecular formula is C15H24N4. The van der Waals surface area contributed by atoms with Crippen molar-refractivity contribution in [3.63, 3.8) is 0 Å².